The van der Waals surface area contributed by atoms with E-state index in [0.29, 0.717) is 19.3 Å². The van der Waals surface area contributed by atoms with E-state index in [0.717, 1.165) is 77.0 Å². The van der Waals surface area contributed by atoms with Crippen molar-refractivity contribution < 1.29 is 28.6 Å². The summed E-state index contributed by atoms with van der Waals surface area (Å²) in [6, 6.07) is 0. The van der Waals surface area contributed by atoms with E-state index >= 15 is 0 Å². The highest BCUT2D eigenvalue weighted by Crippen LogP contribution is 2.17. The highest BCUT2D eigenvalue weighted by molar-refractivity contribution is 5.71. The van der Waals surface area contributed by atoms with Gasteiger partial charge in [-0.2, -0.15) is 0 Å². The van der Waals surface area contributed by atoms with Crippen molar-refractivity contribution in [2.75, 3.05) is 13.2 Å². The topological polar surface area (TPSA) is 78.9 Å². The third kappa shape index (κ3) is 56.5. The zero-order valence-corrected chi connectivity index (χ0v) is 47.1. The molecule has 0 aromatic rings. The van der Waals surface area contributed by atoms with Crippen LogP contribution in [-0.2, 0) is 28.6 Å². The Bertz CT molecular complexity index is 1170. The number of ether oxygens (including phenoxy) is 3. The van der Waals surface area contributed by atoms with E-state index in [1.165, 1.54) is 218 Å². The van der Waals surface area contributed by atoms with Crippen molar-refractivity contribution in [1.82, 2.24) is 0 Å². The lowest BCUT2D eigenvalue weighted by Crippen LogP contribution is -2.30. The Kier molecular flexibility index (Phi) is 57.2. The van der Waals surface area contributed by atoms with Crippen molar-refractivity contribution in [1.29, 1.82) is 0 Å². The zero-order chi connectivity index (χ0) is 50.7. The minimum atomic E-state index is -0.766. The maximum atomic E-state index is 12.8. The van der Waals surface area contributed by atoms with Crippen LogP contribution in [0.25, 0.3) is 0 Å². The van der Waals surface area contributed by atoms with Gasteiger partial charge in [-0.25, -0.2) is 0 Å². The number of carbonyl (C=O) groups excluding carboxylic acids is 3. The average molecular weight is 984 g/mol. The van der Waals surface area contributed by atoms with E-state index in [2.05, 4.69) is 57.2 Å². The van der Waals surface area contributed by atoms with Crippen molar-refractivity contribution in [3.8, 4) is 0 Å². The van der Waals surface area contributed by atoms with Crippen molar-refractivity contribution >= 4 is 17.9 Å². The fourth-order valence-electron chi connectivity index (χ4n) is 9.22. The first-order valence-corrected chi connectivity index (χ1v) is 31.0. The van der Waals surface area contributed by atoms with Gasteiger partial charge < -0.3 is 14.2 Å². The van der Waals surface area contributed by atoms with Crippen LogP contribution in [0.15, 0.2) is 36.5 Å². The van der Waals surface area contributed by atoms with Crippen molar-refractivity contribution in [2.45, 2.75) is 341 Å². The molecule has 0 aliphatic carbocycles. The molecule has 0 heterocycles. The molecule has 0 N–H and O–H groups in total. The molecule has 0 saturated heterocycles. The largest absolute Gasteiger partial charge is 0.462 e. The smallest absolute Gasteiger partial charge is 0.306 e. The first-order valence-electron chi connectivity index (χ1n) is 31.0. The molecule has 0 rings (SSSR count). The molecule has 1 unspecified atom stereocenters. The van der Waals surface area contributed by atoms with Crippen molar-refractivity contribution in [3.63, 3.8) is 0 Å². The summed E-state index contributed by atoms with van der Waals surface area (Å²) in [6.07, 6.45) is 72.0. The van der Waals surface area contributed by atoms with E-state index < -0.39 is 6.10 Å². The summed E-state index contributed by atoms with van der Waals surface area (Å²) < 4.78 is 16.8. The second-order valence-corrected chi connectivity index (χ2v) is 21.0. The lowest BCUT2D eigenvalue weighted by atomic mass is 10.0. The molecule has 0 spiro atoms. The fraction of sp³-hybridized carbons (Fsp3) is 0.859. The Morgan fingerprint density at radius 1 is 0.286 bits per heavy atom. The summed E-state index contributed by atoms with van der Waals surface area (Å²) in [5.41, 5.74) is 0. The van der Waals surface area contributed by atoms with Gasteiger partial charge in [0.2, 0.25) is 0 Å². The number of rotatable bonds is 57. The van der Waals surface area contributed by atoms with Crippen molar-refractivity contribution in [2.24, 2.45) is 0 Å². The van der Waals surface area contributed by atoms with Gasteiger partial charge in [-0.3, -0.25) is 14.4 Å². The van der Waals surface area contributed by atoms with Crippen LogP contribution in [0.5, 0.6) is 0 Å². The molecule has 0 bridgehead atoms. The number of unbranched alkanes of at least 4 members (excludes halogenated alkanes) is 40. The third-order valence-electron chi connectivity index (χ3n) is 13.9. The van der Waals surface area contributed by atoms with Gasteiger partial charge in [-0.1, -0.05) is 295 Å². The summed E-state index contributed by atoms with van der Waals surface area (Å²) in [5, 5.41) is 0. The first kappa shape index (κ1) is 67.6. The lowest BCUT2D eigenvalue weighted by Gasteiger charge is -2.18. The first-order chi connectivity index (χ1) is 34.5. The molecule has 0 radical (unpaired) electrons. The molecule has 0 aromatic heterocycles. The summed E-state index contributed by atoms with van der Waals surface area (Å²) in [4.78, 5) is 37.9. The molecule has 0 saturated carbocycles. The van der Waals surface area contributed by atoms with Gasteiger partial charge in [0.25, 0.3) is 0 Å². The van der Waals surface area contributed by atoms with E-state index in [1.807, 2.05) is 0 Å². The van der Waals surface area contributed by atoms with Gasteiger partial charge in [0.05, 0.1) is 0 Å². The Hall–Kier alpha value is -2.37. The van der Waals surface area contributed by atoms with E-state index in [4.69, 9.17) is 14.2 Å². The second kappa shape index (κ2) is 59.2. The second-order valence-electron chi connectivity index (χ2n) is 21.0. The number of hydrogen-bond acceptors (Lipinski definition) is 6. The predicted octanol–water partition coefficient (Wildman–Crippen LogP) is 20.8. The van der Waals surface area contributed by atoms with Gasteiger partial charge in [-0.05, 0) is 57.8 Å². The van der Waals surface area contributed by atoms with Gasteiger partial charge in [0.1, 0.15) is 13.2 Å². The van der Waals surface area contributed by atoms with Crippen LogP contribution >= 0.6 is 0 Å². The normalized spacial score (nSPS) is 12.2. The van der Waals surface area contributed by atoms with E-state index in [1.54, 1.807) is 0 Å². The maximum Gasteiger partial charge on any atom is 0.306 e. The number of allylic oxidation sites excluding steroid dienone is 6. The standard InChI is InChI=1S/C64H118O6/c1-4-7-10-13-15-17-19-21-23-25-27-29-30-31-32-33-34-35-37-38-40-42-44-46-48-51-54-57-63(66)69-60-61(59-68-62(65)56-53-50-12-9-6-3)70-64(67)58-55-52-49-47-45-43-41-39-36-28-26-24-22-20-18-16-14-11-8-5-2/h19,21,25,27,30-31,61H,4-18,20,22-24,26,28-29,32-60H2,1-3H3/b21-19-,27-25-,31-30-. The summed E-state index contributed by atoms with van der Waals surface area (Å²) in [6.45, 7) is 6.59. The predicted molar refractivity (Wildman–Crippen MR) is 302 cm³/mol. The molecule has 6 heteroatoms. The fourth-order valence-corrected chi connectivity index (χ4v) is 9.22. The van der Waals surface area contributed by atoms with Gasteiger partial charge in [0, 0.05) is 19.3 Å². The quantitative estimate of drug-likeness (QED) is 0.0261. The Balaban J connectivity index is 4.01. The van der Waals surface area contributed by atoms with Crippen LogP contribution in [0.3, 0.4) is 0 Å². The van der Waals surface area contributed by atoms with Crippen LogP contribution in [0, 0.1) is 0 Å². The van der Waals surface area contributed by atoms with Crippen LogP contribution in [0.4, 0.5) is 0 Å². The monoisotopic (exact) mass is 983 g/mol. The SMILES string of the molecule is CCCCCCC/C=C\C/C=C\C/C=C\CCCCCCCCCCCCCCC(=O)OCC(COC(=O)CCCCCCC)OC(=O)CCCCCCCCCCCCCCCCCCCCCC. The summed E-state index contributed by atoms with van der Waals surface area (Å²) >= 11 is 0. The molecule has 6 nitrogen and oxygen atoms in total. The molecular formula is C64H118O6. The summed E-state index contributed by atoms with van der Waals surface area (Å²) in [5.74, 6) is -0.865. The number of carbonyl (C=O) groups is 3. The molecule has 0 amide bonds. The highest BCUT2D eigenvalue weighted by Gasteiger charge is 2.19. The number of esters is 3. The molecule has 1 atom stereocenters. The summed E-state index contributed by atoms with van der Waals surface area (Å²) in [7, 11) is 0. The highest BCUT2D eigenvalue weighted by atomic mass is 16.6. The van der Waals surface area contributed by atoms with Crippen LogP contribution in [0.2, 0.25) is 0 Å². The Morgan fingerprint density at radius 3 is 0.800 bits per heavy atom. The molecule has 0 aliphatic heterocycles. The van der Waals surface area contributed by atoms with Gasteiger partial charge >= 0.3 is 17.9 Å². The van der Waals surface area contributed by atoms with Crippen LogP contribution in [-0.4, -0.2) is 37.2 Å². The third-order valence-corrected chi connectivity index (χ3v) is 13.9. The molecule has 410 valence electrons. The maximum absolute atomic E-state index is 12.8. The van der Waals surface area contributed by atoms with Crippen LogP contribution in [0.1, 0.15) is 335 Å². The van der Waals surface area contributed by atoms with Crippen LogP contribution < -0.4 is 0 Å². The van der Waals surface area contributed by atoms with E-state index in [9.17, 15) is 14.4 Å². The molecule has 0 aromatic carbocycles. The molecule has 0 fully saturated rings. The zero-order valence-electron chi connectivity index (χ0n) is 47.1. The van der Waals surface area contributed by atoms with E-state index in [-0.39, 0.29) is 31.1 Å². The average Bonchev–Trinajstić information content (AvgIpc) is 3.36. The van der Waals surface area contributed by atoms with Crippen molar-refractivity contribution in [3.05, 3.63) is 36.5 Å². The Labute approximate surface area is 435 Å². The van der Waals surface area contributed by atoms with Gasteiger partial charge in [0.15, 0.2) is 6.10 Å². The van der Waals surface area contributed by atoms with Gasteiger partial charge in [-0.15, -0.1) is 0 Å². The Morgan fingerprint density at radius 2 is 0.514 bits per heavy atom. The molecule has 70 heavy (non-hydrogen) atoms. The molecule has 0 aliphatic rings. The number of hydrogen-bond donors (Lipinski definition) is 0. The lowest BCUT2D eigenvalue weighted by molar-refractivity contribution is -0.167. The minimum absolute atomic E-state index is 0.0691. The minimum Gasteiger partial charge on any atom is -0.462 e. The molecular weight excluding hydrogens is 865 g/mol.